The molecule has 5 heterocycles. The molecule has 0 saturated carbocycles. The minimum Gasteiger partial charge on any atom is -0.381 e. The van der Waals surface area contributed by atoms with Crippen LogP contribution in [0.5, 0.6) is 0 Å². The molecule has 1 spiro atoms. The molecule has 166 valence electrons. The van der Waals surface area contributed by atoms with Crippen LogP contribution in [0.2, 0.25) is 0 Å². The SMILES string of the molecule is O=C(NCc1nnn2c1COC1(CCCN(C(=O)c3ccsc3)C1)C2)C1CCOCC1. The predicted octanol–water partition coefficient (Wildman–Crippen LogP) is 1.59. The van der Waals surface area contributed by atoms with E-state index >= 15 is 0 Å². The van der Waals surface area contributed by atoms with E-state index in [0.29, 0.717) is 39.5 Å². The van der Waals surface area contributed by atoms with Gasteiger partial charge in [0.15, 0.2) is 0 Å². The summed E-state index contributed by atoms with van der Waals surface area (Å²) in [4.78, 5) is 27.1. The Balaban J connectivity index is 1.22. The fourth-order valence-corrected chi connectivity index (χ4v) is 5.32. The summed E-state index contributed by atoms with van der Waals surface area (Å²) in [6.07, 6.45) is 3.30. The third-order valence-corrected chi connectivity index (χ3v) is 7.17. The average Bonchev–Trinajstić information content (AvgIpc) is 3.47. The lowest BCUT2D eigenvalue weighted by molar-refractivity contribution is -0.128. The normalized spacial score (nSPS) is 24.2. The van der Waals surface area contributed by atoms with E-state index in [1.54, 1.807) is 0 Å². The maximum atomic E-state index is 12.8. The number of carbonyl (C=O) groups excluding carboxylic acids is 2. The molecule has 3 aliphatic heterocycles. The van der Waals surface area contributed by atoms with Crippen molar-refractivity contribution >= 4 is 23.2 Å². The second-order valence-corrected chi connectivity index (χ2v) is 9.34. The number of likely N-dealkylation sites (tertiary alicyclic amines) is 1. The van der Waals surface area contributed by atoms with Gasteiger partial charge in [-0.25, -0.2) is 4.68 Å². The summed E-state index contributed by atoms with van der Waals surface area (Å²) in [6.45, 7) is 3.88. The molecule has 0 radical (unpaired) electrons. The van der Waals surface area contributed by atoms with Crippen LogP contribution in [0.25, 0.3) is 0 Å². The molecule has 31 heavy (non-hydrogen) atoms. The minimum absolute atomic E-state index is 0.00801. The molecule has 2 aromatic heterocycles. The van der Waals surface area contributed by atoms with Gasteiger partial charge in [0, 0.05) is 31.1 Å². The molecule has 1 atom stereocenters. The van der Waals surface area contributed by atoms with Crippen molar-refractivity contribution in [2.75, 3.05) is 26.3 Å². The average molecular weight is 446 g/mol. The highest BCUT2D eigenvalue weighted by Crippen LogP contribution is 2.33. The van der Waals surface area contributed by atoms with Crippen molar-refractivity contribution in [3.8, 4) is 0 Å². The quantitative estimate of drug-likeness (QED) is 0.767. The molecule has 0 bridgehead atoms. The highest BCUT2D eigenvalue weighted by molar-refractivity contribution is 7.08. The fourth-order valence-electron chi connectivity index (χ4n) is 4.69. The zero-order valence-electron chi connectivity index (χ0n) is 17.4. The number of carbonyl (C=O) groups is 2. The first-order valence-corrected chi connectivity index (χ1v) is 11.8. The first-order valence-electron chi connectivity index (χ1n) is 10.9. The molecule has 2 fully saturated rings. The van der Waals surface area contributed by atoms with Crippen molar-refractivity contribution in [3.05, 3.63) is 33.8 Å². The molecule has 9 nitrogen and oxygen atoms in total. The van der Waals surface area contributed by atoms with Crippen molar-refractivity contribution in [1.29, 1.82) is 0 Å². The fraction of sp³-hybridized carbons (Fsp3) is 0.619. The van der Waals surface area contributed by atoms with Gasteiger partial charge in [-0.1, -0.05) is 5.21 Å². The van der Waals surface area contributed by atoms with Crippen LogP contribution in [0.15, 0.2) is 16.8 Å². The molecule has 1 unspecified atom stereocenters. The van der Waals surface area contributed by atoms with Crippen LogP contribution < -0.4 is 5.32 Å². The Kier molecular flexibility index (Phi) is 5.77. The molecule has 0 aromatic carbocycles. The van der Waals surface area contributed by atoms with Gasteiger partial charge in [-0.05, 0) is 37.1 Å². The van der Waals surface area contributed by atoms with E-state index in [4.69, 9.17) is 9.47 Å². The zero-order valence-corrected chi connectivity index (χ0v) is 18.2. The second kappa shape index (κ2) is 8.68. The topological polar surface area (TPSA) is 98.6 Å². The predicted molar refractivity (Wildman–Crippen MR) is 112 cm³/mol. The van der Waals surface area contributed by atoms with Crippen LogP contribution in [-0.2, 0) is 34.0 Å². The molecule has 1 N–H and O–H groups in total. The van der Waals surface area contributed by atoms with Crippen molar-refractivity contribution < 1.29 is 19.1 Å². The monoisotopic (exact) mass is 445 g/mol. The van der Waals surface area contributed by atoms with Crippen molar-refractivity contribution in [2.45, 2.75) is 51.0 Å². The Morgan fingerprint density at radius 1 is 1.29 bits per heavy atom. The summed E-state index contributed by atoms with van der Waals surface area (Å²) >= 11 is 1.53. The van der Waals surface area contributed by atoms with Crippen LogP contribution >= 0.6 is 11.3 Å². The van der Waals surface area contributed by atoms with E-state index in [0.717, 1.165) is 49.2 Å². The molecule has 5 rings (SSSR count). The van der Waals surface area contributed by atoms with Crippen LogP contribution in [0.4, 0.5) is 0 Å². The first-order chi connectivity index (χ1) is 15.1. The van der Waals surface area contributed by atoms with E-state index < -0.39 is 5.60 Å². The van der Waals surface area contributed by atoms with Crippen LogP contribution in [0, 0.1) is 5.92 Å². The molecule has 2 amide bonds. The molecule has 0 aliphatic carbocycles. The Morgan fingerprint density at radius 3 is 2.97 bits per heavy atom. The number of fused-ring (bicyclic) bond motifs is 1. The summed E-state index contributed by atoms with van der Waals surface area (Å²) in [5, 5.41) is 15.4. The number of hydrogen-bond acceptors (Lipinski definition) is 7. The third kappa shape index (κ3) is 4.24. The highest BCUT2D eigenvalue weighted by Gasteiger charge is 2.42. The Labute approximate surface area is 184 Å². The maximum Gasteiger partial charge on any atom is 0.254 e. The molecular weight excluding hydrogens is 418 g/mol. The van der Waals surface area contributed by atoms with Gasteiger partial charge in [0.1, 0.15) is 11.3 Å². The number of rotatable bonds is 4. The molecule has 10 heteroatoms. The highest BCUT2D eigenvalue weighted by atomic mass is 32.1. The maximum absolute atomic E-state index is 12.8. The summed E-state index contributed by atoms with van der Waals surface area (Å²) in [5.41, 5.74) is 1.95. The first kappa shape index (κ1) is 20.6. The van der Waals surface area contributed by atoms with Gasteiger partial charge in [-0.15, -0.1) is 5.10 Å². The van der Waals surface area contributed by atoms with E-state index in [9.17, 15) is 9.59 Å². The van der Waals surface area contributed by atoms with Crippen LogP contribution in [0.1, 0.15) is 47.4 Å². The molecule has 2 saturated heterocycles. The van der Waals surface area contributed by atoms with E-state index in [-0.39, 0.29) is 17.7 Å². The van der Waals surface area contributed by atoms with E-state index in [1.165, 1.54) is 11.3 Å². The lowest BCUT2D eigenvalue weighted by Gasteiger charge is -2.44. The smallest absolute Gasteiger partial charge is 0.254 e. The molecular formula is C21H27N5O4S. The summed E-state index contributed by atoms with van der Waals surface area (Å²) in [7, 11) is 0. The summed E-state index contributed by atoms with van der Waals surface area (Å²) in [6, 6.07) is 1.87. The number of nitrogens with one attached hydrogen (secondary N) is 1. The third-order valence-electron chi connectivity index (χ3n) is 6.49. The van der Waals surface area contributed by atoms with Crippen LogP contribution in [0.3, 0.4) is 0 Å². The van der Waals surface area contributed by atoms with E-state index in [1.807, 2.05) is 26.4 Å². The second-order valence-electron chi connectivity index (χ2n) is 8.56. The zero-order chi connectivity index (χ0) is 21.3. The van der Waals surface area contributed by atoms with Crippen molar-refractivity contribution in [1.82, 2.24) is 25.2 Å². The number of hydrogen-bond donors (Lipinski definition) is 1. The van der Waals surface area contributed by atoms with Gasteiger partial charge in [-0.3, -0.25) is 9.59 Å². The van der Waals surface area contributed by atoms with Gasteiger partial charge in [0.2, 0.25) is 5.91 Å². The Hall–Kier alpha value is -2.30. The van der Waals surface area contributed by atoms with Gasteiger partial charge < -0.3 is 19.7 Å². The van der Waals surface area contributed by atoms with E-state index in [2.05, 4.69) is 15.6 Å². The van der Waals surface area contributed by atoms with Gasteiger partial charge >= 0.3 is 0 Å². The standard InChI is InChI=1S/C21H27N5O4S/c27-19(15-2-7-29-8-3-15)22-10-17-18-11-30-21(14-26(18)24-23-17)5-1-6-25(13-21)20(28)16-4-9-31-12-16/h4,9,12,15H,1-3,5-8,10-11,13-14H2,(H,22,27). The minimum atomic E-state index is -0.437. The summed E-state index contributed by atoms with van der Waals surface area (Å²) in [5.74, 6) is 0.117. The number of ether oxygens (including phenoxy) is 2. The lowest BCUT2D eigenvalue weighted by Crippen LogP contribution is -2.55. The number of thiophene rings is 1. The number of amides is 2. The van der Waals surface area contributed by atoms with Crippen molar-refractivity contribution in [2.24, 2.45) is 5.92 Å². The van der Waals surface area contributed by atoms with Gasteiger partial charge in [-0.2, -0.15) is 11.3 Å². The van der Waals surface area contributed by atoms with Crippen molar-refractivity contribution in [3.63, 3.8) is 0 Å². The summed E-state index contributed by atoms with van der Waals surface area (Å²) < 4.78 is 13.5. The Bertz CT molecular complexity index is 940. The van der Waals surface area contributed by atoms with Gasteiger partial charge in [0.25, 0.3) is 5.91 Å². The number of piperidine rings is 1. The van der Waals surface area contributed by atoms with Gasteiger partial charge in [0.05, 0.1) is 37.5 Å². The molecule has 2 aromatic rings. The molecule has 3 aliphatic rings. The number of nitrogens with zero attached hydrogens (tertiary/aromatic N) is 4. The number of aromatic nitrogens is 3. The Morgan fingerprint density at radius 2 is 2.16 bits per heavy atom. The largest absolute Gasteiger partial charge is 0.381 e. The van der Waals surface area contributed by atoms with Crippen LogP contribution in [-0.4, -0.2) is 63.6 Å². The lowest BCUT2D eigenvalue weighted by atomic mass is 9.91.